The zero-order chi connectivity index (χ0) is 16.0. The molecule has 0 amide bonds. The van der Waals surface area contributed by atoms with Crippen molar-refractivity contribution < 1.29 is 51.0 Å². The standard InChI is InChI=1S/C23H24.2ClH.Zr/c1-23(2,3)22-18(14-16-8-4-5-9-16)12-13-20-19-11-7-6-10-17(19)15-21(20)22;;;/h4-8,10-13H,9,14-15H2,1-3H3;2*1H;/q;;;+2/p-2. The van der Waals surface area contributed by atoms with E-state index in [1.54, 1.807) is 11.1 Å². The van der Waals surface area contributed by atoms with Gasteiger partial charge in [0, 0.05) is 0 Å². The molecule has 0 bridgehead atoms. The Morgan fingerprint density at radius 3 is 2.31 bits per heavy atom. The number of allylic oxidation sites excluding steroid dienone is 4. The first-order valence-electron chi connectivity index (χ1n) is 8.62. The first-order valence-corrected chi connectivity index (χ1v) is 8.62. The molecule has 0 N–H and O–H groups in total. The Balaban J connectivity index is 0.00000113. The fourth-order valence-corrected chi connectivity index (χ4v) is 4.21. The molecule has 3 heteroatoms. The van der Waals surface area contributed by atoms with Crippen LogP contribution in [0.2, 0.25) is 0 Å². The van der Waals surface area contributed by atoms with Gasteiger partial charge in [0.15, 0.2) is 0 Å². The molecule has 0 fully saturated rings. The maximum atomic E-state index is 2.38. The molecule has 2 aromatic rings. The summed E-state index contributed by atoms with van der Waals surface area (Å²) in [6.07, 6.45) is 10.0. The molecule has 2 aromatic carbocycles. The van der Waals surface area contributed by atoms with E-state index < -0.39 is 0 Å². The van der Waals surface area contributed by atoms with Crippen molar-refractivity contribution in [3.63, 3.8) is 0 Å². The Kier molecular flexibility index (Phi) is 8.15. The fourth-order valence-electron chi connectivity index (χ4n) is 4.21. The van der Waals surface area contributed by atoms with E-state index in [1.165, 1.54) is 27.8 Å². The minimum atomic E-state index is 0. The van der Waals surface area contributed by atoms with Gasteiger partial charge in [-0.15, -0.1) is 0 Å². The summed E-state index contributed by atoms with van der Waals surface area (Å²) in [6.45, 7) is 7.07. The van der Waals surface area contributed by atoms with Crippen molar-refractivity contribution in [3.8, 4) is 11.1 Å². The number of benzene rings is 2. The van der Waals surface area contributed by atoms with Gasteiger partial charge >= 0.3 is 26.2 Å². The average Bonchev–Trinajstić information content (AvgIpc) is 3.12. The van der Waals surface area contributed by atoms with E-state index in [2.05, 4.69) is 75.4 Å². The largest absolute Gasteiger partial charge is 2.00 e. The Morgan fingerprint density at radius 2 is 1.65 bits per heavy atom. The van der Waals surface area contributed by atoms with Crippen molar-refractivity contribution in [2.75, 3.05) is 0 Å². The Morgan fingerprint density at radius 1 is 0.923 bits per heavy atom. The Labute approximate surface area is 189 Å². The molecule has 0 heterocycles. The van der Waals surface area contributed by atoms with Gasteiger partial charge in [-0.1, -0.05) is 81.0 Å². The zero-order valence-corrected chi connectivity index (χ0v) is 19.5. The third-order valence-electron chi connectivity index (χ3n) is 5.09. The second-order valence-corrected chi connectivity index (χ2v) is 7.84. The van der Waals surface area contributed by atoms with Gasteiger partial charge in [-0.25, -0.2) is 0 Å². The van der Waals surface area contributed by atoms with Gasteiger partial charge in [0.2, 0.25) is 0 Å². The van der Waals surface area contributed by atoms with Crippen LogP contribution in [0.5, 0.6) is 0 Å². The molecule has 0 aromatic heterocycles. The summed E-state index contributed by atoms with van der Waals surface area (Å²) in [5.74, 6) is 0. The van der Waals surface area contributed by atoms with E-state index in [9.17, 15) is 0 Å². The molecular weight excluding hydrogens is 438 g/mol. The number of hydrogen-bond acceptors (Lipinski definition) is 0. The van der Waals surface area contributed by atoms with E-state index >= 15 is 0 Å². The van der Waals surface area contributed by atoms with Crippen molar-refractivity contribution in [3.05, 3.63) is 82.5 Å². The first-order chi connectivity index (χ1) is 11.0. The minimum Gasteiger partial charge on any atom is -1.00 e. The normalized spacial score (nSPS) is 13.7. The van der Waals surface area contributed by atoms with Gasteiger partial charge in [-0.3, -0.25) is 0 Å². The maximum absolute atomic E-state index is 2.38. The van der Waals surface area contributed by atoms with Crippen LogP contribution in [-0.2, 0) is 44.5 Å². The van der Waals surface area contributed by atoms with E-state index in [-0.39, 0.29) is 56.4 Å². The van der Waals surface area contributed by atoms with Crippen LogP contribution in [0.3, 0.4) is 0 Å². The Hall–Kier alpha value is -0.617. The maximum Gasteiger partial charge on any atom is 2.00 e. The van der Waals surface area contributed by atoms with Crippen LogP contribution in [0.1, 0.15) is 49.4 Å². The van der Waals surface area contributed by atoms with Crippen molar-refractivity contribution in [2.45, 2.75) is 45.4 Å². The third-order valence-corrected chi connectivity index (χ3v) is 5.09. The molecule has 0 unspecified atom stereocenters. The molecule has 26 heavy (non-hydrogen) atoms. The molecule has 0 spiro atoms. The van der Waals surface area contributed by atoms with Gasteiger partial charge in [0.05, 0.1) is 0 Å². The summed E-state index contributed by atoms with van der Waals surface area (Å²) in [5, 5.41) is 0. The molecule has 2 aliphatic rings. The molecule has 2 aliphatic carbocycles. The molecule has 0 nitrogen and oxygen atoms in total. The quantitative estimate of drug-likeness (QED) is 0.503. The van der Waals surface area contributed by atoms with Crippen molar-refractivity contribution >= 4 is 0 Å². The summed E-state index contributed by atoms with van der Waals surface area (Å²) in [4.78, 5) is 0. The fraction of sp³-hybridized carbons (Fsp3) is 0.304. The summed E-state index contributed by atoms with van der Waals surface area (Å²) in [7, 11) is 0. The topological polar surface area (TPSA) is 0 Å². The molecule has 4 rings (SSSR count). The smallest absolute Gasteiger partial charge is 1.00 e. The SMILES string of the molecule is CC(C)(C)c1c(CC2=CC=CC2)ccc2c1Cc1ccccc1-2.[Cl-].[Cl-].[Zr+2]. The Bertz CT molecular complexity index is 842. The van der Waals surface area contributed by atoms with Gasteiger partial charge in [0.25, 0.3) is 0 Å². The number of fused-ring (bicyclic) bond motifs is 3. The average molecular weight is 463 g/mol. The van der Waals surface area contributed by atoms with Crippen LogP contribution in [-0.4, -0.2) is 0 Å². The molecule has 0 atom stereocenters. The van der Waals surface area contributed by atoms with Crippen LogP contribution in [0.15, 0.2) is 60.2 Å². The summed E-state index contributed by atoms with van der Waals surface area (Å²) < 4.78 is 0. The number of halogens is 2. The third kappa shape index (κ3) is 4.27. The van der Waals surface area contributed by atoms with Crippen LogP contribution in [0.4, 0.5) is 0 Å². The van der Waals surface area contributed by atoms with Crippen molar-refractivity contribution in [1.82, 2.24) is 0 Å². The number of hydrogen-bond donors (Lipinski definition) is 0. The summed E-state index contributed by atoms with van der Waals surface area (Å²) in [5.41, 5.74) is 10.7. The van der Waals surface area contributed by atoms with Crippen LogP contribution >= 0.6 is 0 Å². The number of rotatable bonds is 2. The van der Waals surface area contributed by atoms with Gasteiger partial charge < -0.3 is 24.8 Å². The van der Waals surface area contributed by atoms with Gasteiger partial charge in [-0.05, 0) is 58.1 Å². The van der Waals surface area contributed by atoms with Gasteiger partial charge in [0.1, 0.15) is 0 Å². The van der Waals surface area contributed by atoms with E-state index in [0.717, 1.165) is 19.3 Å². The van der Waals surface area contributed by atoms with E-state index in [0.29, 0.717) is 0 Å². The second kappa shape index (κ2) is 9.05. The molecule has 0 radical (unpaired) electrons. The van der Waals surface area contributed by atoms with Crippen LogP contribution < -0.4 is 24.8 Å². The molecule has 0 aliphatic heterocycles. The minimum absolute atomic E-state index is 0. The van der Waals surface area contributed by atoms with Crippen molar-refractivity contribution in [1.29, 1.82) is 0 Å². The predicted octanol–water partition coefficient (Wildman–Crippen LogP) is -0.0104. The molecular formula is C23H24Cl2Zr. The van der Waals surface area contributed by atoms with E-state index in [4.69, 9.17) is 0 Å². The second-order valence-electron chi connectivity index (χ2n) is 7.84. The van der Waals surface area contributed by atoms with Crippen molar-refractivity contribution in [2.24, 2.45) is 0 Å². The monoisotopic (exact) mass is 460 g/mol. The van der Waals surface area contributed by atoms with Gasteiger partial charge in [-0.2, -0.15) is 0 Å². The van der Waals surface area contributed by atoms with Crippen LogP contribution in [0.25, 0.3) is 11.1 Å². The predicted molar refractivity (Wildman–Crippen MR) is 98.9 cm³/mol. The molecule has 0 saturated carbocycles. The summed E-state index contributed by atoms with van der Waals surface area (Å²) in [6, 6.07) is 13.6. The summed E-state index contributed by atoms with van der Waals surface area (Å²) >= 11 is 0. The zero-order valence-electron chi connectivity index (χ0n) is 15.6. The molecule has 0 saturated heterocycles. The molecule has 134 valence electrons. The first kappa shape index (κ1) is 23.4. The van der Waals surface area contributed by atoms with Crippen LogP contribution in [0, 0.1) is 0 Å². The van der Waals surface area contributed by atoms with E-state index in [1.807, 2.05) is 0 Å².